The van der Waals surface area contributed by atoms with Gasteiger partial charge < -0.3 is 9.84 Å². The van der Waals surface area contributed by atoms with Gasteiger partial charge in [-0.25, -0.2) is 0 Å². The van der Waals surface area contributed by atoms with Gasteiger partial charge in [-0.05, 0) is 53.9 Å². The number of phenolic OH excluding ortho intramolecular Hbond substituents is 1. The van der Waals surface area contributed by atoms with Gasteiger partial charge in [0.05, 0.1) is 0 Å². The summed E-state index contributed by atoms with van der Waals surface area (Å²) in [5.74, 6) is 0.983. The van der Waals surface area contributed by atoms with Gasteiger partial charge in [0.1, 0.15) is 18.1 Å². The highest BCUT2D eigenvalue weighted by molar-refractivity contribution is 7.19. The number of hydrogen-bond donors (Lipinski definition) is 1. The summed E-state index contributed by atoms with van der Waals surface area (Å²) < 4.78 is 6.88. The molecule has 1 heterocycles. The maximum absolute atomic E-state index is 9.20. The van der Waals surface area contributed by atoms with Crippen LogP contribution in [0.3, 0.4) is 0 Å². The van der Waals surface area contributed by atoms with Crippen LogP contribution < -0.4 is 4.74 Å². The Morgan fingerprint density at radius 1 is 1.05 bits per heavy atom. The number of ether oxygens (including phenoxy) is 1. The number of hydrogen-bond acceptors (Lipinski definition) is 3. The number of phenols is 1. The third kappa shape index (κ3) is 2.83. The molecule has 0 radical (unpaired) electrons. The maximum atomic E-state index is 9.20. The summed E-state index contributed by atoms with van der Waals surface area (Å²) in [6.45, 7) is 0.516. The van der Waals surface area contributed by atoms with Crippen molar-refractivity contribution in [2.45, 2.75) is 6.61 Å². The Labute approximate surface area is 119 Å². The van der Waals surface area contributed by atoms with Gasteiger partial charge in [-0.3, -0.25) is 0 Å². The van der Waals surface area contributed by atoms with Crippen molar-refractivity contribution in [3.8, 4) is 11.5 Å². The predicted molar refractivity (Wildman–Crippen MR) is 79.3 cm³/mol. The molecular weight excluding hydrogens is 280 g/mol. The number of halogens is 1. The molecule has 0 atom stereocenters. The van der Waals surface area contributed by atoms with Gasteiger partial charge in [-0.2, -0.15) is 0 Å². The molecule has 0 bridgehead atoms. The largest absolute Gasteiger partial charge is 0.508 e. The molecule has 2 nitrogen and oxygen atoms in total. The Morgan fingerprint density at radius 2 is 1.84 bits per heavy atom. The zero-order chi connectivity index (χ0) is 13.2. The number of thiophene rings is 1. The fraction of sp³-hybridized carbons (Fsp3) is 0.0667. The molecule has 1 aromatic heterocycles. The molecule has 19 heavy (non-hydrogen) atoms. The van der Waals surface area contributed by atoms with Crippen LogP contribution >= 0.6 is 22.9 Å². The van der Waals surface area contributed by atoms with Crippen molar-refractivity contribution in [2.24, 2.45) is 0 Å². The van der Waals surface area contributed by atoms with Crippen molar-refractivity contribution in [1.29, 1.82) is 0 Å². The van der Waals surface area contributed by atoms with E-state index in [1.54, 1.807) is 35.6 Å². The molecule has 0 fully saturated rings. The number of benzene rings is 2. The van der Waals surface area contributed by atoms with Gasteiger partial charge in [0.15, 0.2) is 0 Å². The molecule has 2 aromatic carbocycles. The first kappa shape index (κ1) is 12.3. The molecule has 0 unspecified atom stereocenters. The Balaban J connectivity index is 1.76. The van der Waals surface area contributed by atoms with Crippen LogP contribution in [0.1, 0.15) is 4.88 Å². The second kappa shape index (κ2) is 5.11. The van der Waals surface area contributed by atoms with Crippen molar-refractivity contribution in [3.63, 3.8) is 0 Å². The summed E-state index contributed by atoms with van der Waals surface area (Å²) in [4.78, 5) is 1.14. The summed E-state index contributed by atoms with van der Waals surface area (Å²) in [6.07, 6.45) is 0. The van der Waals surface area contributed by atoms with E-state index in [-0.39, 0.29) is 5.75 Å². The SMILES string of the molecule is Oc1ccc(OCc2cc3cc(Cl)ccc3s2)cc1. The molecule has 0 amide bonds. The minimum atomic E-state index is 0.240. The first-order valence-electron chi connectivity index (χ1n) is 5.80. The van der Waals surface area contributed by atoms with Gasteiger partial charge in [0, 0.05) is 14.6 Å². The van der Waals surface area contributed by atoms with Crippen molar-refractivity contribution >= 4 is 33.0 Å². The third-order valence-electron chi connectivity index (χ3n) is 2.75. The summed E-state index contributed by atoms with van der Waals surface area (Å²) in [7, 11) is 0. The summed E-state index contributed by atoms with van der Waals surface area (Å²) in [6, 6.07) is 14.7. The molecule has 0 saturated carbocycles. The Kier molecular flexibility index (Phi) is 3.32. The first-order valence-corrected chi connectivity index (χ1v) is 7.00. The first-order chi connectivity index (χ1) is 9.20. The van der Waals surface area contributed by atoms with Crippen molar-refractivity contribution < 1.29 is 9.84 Å². The van der Waals surface area contributed by atoms with Gasteiger partial charge >= 0.3 is 0 Å². The fourth-order valence-corrected chi connectivity index (χ4v) is 2.98. The van der Waals surface area contributed by atoms with Gasteiger partial charge in [-0.15, -0.1) is 11.3 Å². The summed E-state index contributed by atoms with van der Waals surface area (Å²) >= 11 is 7.66. The molecule has 0 aliphatic rings. The molecule has 0 aliphatic carbocycles. The summed E-state index contributed by atoms with van der Waals surface area (Å²) in [5, 5.41) is 11.1. The zero-order valence-corrected chi connectivity index (χ0v) is 11.5. The Morgan fingerprint density at radius 3 is 2.63 bits per heavy atom. The van der Waals surface area contributed by atoms with Gasteiger partial charge in [0.25, 0.3) is 0 Å². The average molecular weight is 291 g/mol. The molecule has 4 heteroatoms. The molecular formula is C15H11ClO2S. The second-order valence-electron chi connectivity index (χ2n) is 4.18. The van der Waals surface area contributed by atoms with E-state index in [0.717, 1.165) is 21.0 Å². The van der Waals surface area contributed by atoms with Crippen LogP contribution in [0.15, 0.2) is 48.5 Å². The third-order valence-corrected chi connectivity index (χ3v) is 4.07. The number of aromatic hydroxyl groups is 1. The lowest BCUT2D eigenvalue weighted by molar-refractivity contribution is 0.309. The van der Waals surface area contributed by atoms with Crippen molar-refractivity contribution in [1.82, 2.24) is 0 Å². The Hall–Kier alpha value is -1.71. The van der Waals surface area contributed by atoms with Gasteiger partial charge in [0.2, 0.25) is 0 Å². The van der Waals surface area contributed by atoms with Crippen LogP contribution in [0.2, 0.25) is 5.02 Å². The van der Waals surface area contributed by atoms with Crippen LogP contribution in [0.5, 0.6) is 11.5 Å². The number of rotatable bonds is 3. The van der Waals surface area contributed by atoms with E-state index < -0.39 is 0 Å². The van der Waals surface area contributed by atoms with E-state index in [1.807, 2.05) is 18.2 Å². The highest BCUT2D eigenvalue weighted by Crippen LogP contribution is 2.29. The lowest BCUT2D eigenvalue weighted by atomic mass is 10.2. The standard InChI is InChI=1S/C15H11ClO2S/c16-11-1-6-15-10(7-11)8-14(19-15)9-18-13-4-2-12(17)3-5-13/h1-8,17H,9H2. The van der Waals surface area contributed by atoms with Crippen LogP contribution in [0, 0.1) is 0 Å². The van der Waals surface area contributed by atoms with E-state index in [2.05, 4.69) is 6.07 Å². The highest BCUT2D eigenvalue weighted by atomic mass is 35.5. The van der Waals surface area contributed by atoms with Gasteiger partial charge in [-0.1, -0.05) is 11.6 Å². The van der Waals surface area contributed by atoms with Crippen molar-refractivity contribution in [3.05, 3.63) is 58.4 Å². The lowest BCUT2D eigenvalue weighted by Crippen LogP contribution is -1.91. The average Bonchev–Trinajstić information content (AvgIpc) is 2.80. The minimum Gasteiger partial charge on any atom is -0.508 e. The van der Waals surface area contributed by atoms with Crippen LogP contribution in [-0.2, 0) is 6.61 Å². The molecule has 96 valence electrons. The summed E-state index contributed by atoms with van der Waals surface area (Å²) in [5.41, 5.74) is 0. The zero-order valence-electron chi connectivity index (χ0n) is 9.97. The molecule has 0 spiro atoms. The topological polar surface area (TPSA) is 29.5 Å². The van der Waals surface area contributed by atoms with Crippen LogP contribution in [0.4, 0.5) is 0 Å². The van der Waals surface area contributed by atoms with E-state index in [9.17, 15) is 5.11 Å². The predicted octanol–water partition coefficient (Wildman–Crippen LogP) is 4.84. The van der Waals surface area contributed by atoms with Crippen molar-refractivity contribution in [2.75, 3.05) is 0 Å². The fourth-order valence-electron chi connectivity index (χ4n) is 1.84. The molecule has 0 aliphatic heterocycles. The second-order valence-corrected chi connectivity index (χ2v) is 5.78. The number of fused-ring (bicyclic) bond motifs is 1. The highest BCUT2D eigenvalue weighted by Gasteiger charge is 2.03. The normalized spacial score (nSPS) is 10.8. The molecule has 3 rings (SSSR count). The van der Waals surface area contributed by atoms with E-state index in [0.29, 0.717) is 6.61 Å². The smallest absolute Gasteiger partial charge is 0.122 e. The minimum absolute atomic E-state index is 0.240. The maximum Gasteiger partial charge on any atom is 0.122 e. The Bertz CT molecular complexity index is 704. The monoisotopic (exact) mass is 290 g/mol. The van der Waals surface area contributed by atoms with Crippen LogP contribution in [0.25, 0.3) is 10.1 Å². The van der Waals surface area contributed by atoms with Crippen LogP contribution in [-0.4, -0.2) is 5.11 Å². The molecule has 0 saturated heterocycles. The molecule has 3 aromatic rings. The van der Waals surface area contributed by atoms with E-state index >= 15 is 0 Å². The van der Waals surface area contributed by atoms with E-state index in [4.69, 9.17) is 16.3 Å². The lowest BCUT2D eigenvalue weighted by Gasteiger charge is -2.03. The molecule has 1 N–H and O–H groups in total. The van der Waals surface area contributed by atoms with E-state index in [1.165, 1.54) is 4.70 Å². The quantitative estimate of drug-likeness (QED) is 0.748.